The molecule has 2 rings (SSSR count). The third-order valence-corrected chi connectivity index (χ3v) is 3.30. The first-order valence-electron chi connectivity index (χ1n) is 6.70. The van der Waals surface area contributed by atoms with Crippen LogP contribution in [0, 0.1) is 12.8 Å². The highest BCUT2D eigenvalue weighted by atomic mass is 16.3. The molecule has 3 heteroatoms. The minimum atomic E-state index is -0.0223. The second-order valence-electron chi connectivity index (χ2n) is 5.37. The number of nitrogens with two attached hydrogens (primary N) is 1. The number of hydrogen-bond donors (Lipinski definition) is 2. The molecule has 102 valence electrons. The fourth-order valence-electron chi connectivity index (χ4n) is 2.43. The van der Waals surface area contributed by atoms with Crippen molar-refractivity contribution in [1.29, 1.82) is 0 Å². The van der Waals surface area contributed by atoms with Crippen molar-refractivity contribution in [3.63, 3.8) is 0 Å². The first kappa shape index (κ1) is 13.8. The maximum absolute atomic E-state index is 5.72. The van der Waals surface area contributed by atoms with Crippen LogP contribution in [0.3, 0.4) is 0 Å². The van der Waals surface area contributed by atoms with Gasteiger partial charge in [0.15, 0.2) is 0 Å². The number of furan rings is 1. The van der Waals surface area contributed by atoms with Gasteiger partial charge in [0, 0.05) is 5.56 Å². The van der Waals surface area contributed by atoms with Gasteiger partial charge in [0.25, 0.3) is 0 Å². The van der Waals surface area contributed by atoms with Crippen LogP contribution in [0.1, 0.15) is 42.3 Å². The van der Waals surface area contributed by atoms with Crippen molar-refractivity contribution in [2.24, 2.45) is 11.8 Å². The summed E-state index contributed by atoms with van der Waals surface area (Å²) < 4.78 is 5.37. The third kappa shape index (κ3) is 3.25. The van der Waals surface area contributed by atoms with E-state index in [1.807, 2.05) is 13.0 Å². The average molecular weight is 258 g/mol. The van der Waals surface area contributed by atoms with Crippen LogP contribution in [-0.2, 0) is 6.42 Å². The Kier molecular flexibility index (Phi) is 4.40. The molecule has 0 aliphatic rings. The molecular weight excluding hydrogens is 236 g/mol. The Morgan fingerprint density at radius 2 is 2.05 bits per heavy atom. The van der Waals surface area contributed by atoms with Crippen LogP contribution in [-0.4, -0.2) is 0 Å². The molecule has 0 radical (unpaired) electrons. The SMILES string of the molecule is Cc1occc1C(NN)c1cccc(CC(C)C)c1. The van der Waals surface area contributed by atoms with E-state index in [1.165, 1.54) is 11.1 Å². The van der Waals surface area contributed by atoms with Crippen molar-refractivity contribution < 1.29 is 4.42 Å². The van der Waals surface area contributed by atoms with Crippen LogP contribution < -0.4 is 11.3 Å². The Bertz CT molecular complexity index is 531. The Labute approximate surface area is 114 Å². The largest absolute Gasteiger partial charge is 0.469 e. The summed E-state index contributed by atoms with van der Waals surface area (Å²) in [6, 6.07) is 10.5. The maximum Gasteiger partial charge on any atom is 0.105 e. The molecular formula is C16H22N2O. The smallest absolute Gasteiger partial charge is 0.105 e. The van der Waals surface area contributed by atoms with E-state index >= 15 is 0 Å². The maximum atomic E-state index is 5.72. The molecule has 1 aromatic carbocycles. The van der Waals surface area contributed by atoms with Crippen LogP contribution in [0.4, 0.5) is 0 Å². The van der Waals surface area contributed by atoms with E-state index in [4.69, 9.17) is 10.3 Å². The molecule has 1 heterocycles. The third-order valence-electron chi connectivity index (χ3n) is 3.30. The molecule has 1 aromatic heterocycles. The summed E-state index contributed by atoms with van der Waals surface area (Å²) in [5.41, 5.74) is 6.48. The molecule has 3 N–H and O–H groups in total. The van der Waals surface area contributed by atoms with Crippen molar-refractivity contribution in [1.82, 2.24) is 5.43 Å². The van der Waals surface area contributed by atoms with Gasteiger partial charge in [-0.05, 0) is 36.5 Å². The van der Waals surface area contributed by atoms with Crippen molar-refractivity contribution >= 4 is 0 Å². The van der Waals surface area contributed by atoms with Gasteiger partial charge in [0.1, 0.15) is 5.76 Å². The molecule has 0 spiro atoms. The standard InChI is InChI=1S/C16H22N2O/c1-11(2)9-13-5-4-6-14(10-13)16(18-17)15-7-8-19-12(15)3/h4-8,10-11,16,18H,9,17H2,1-3H3. The van der Waals surface area contributed by atoms with Crippen molar-refractivity contribution in [2.45, 2.75) is 33.2 Å². The molecule has 1 atom stereocenters. The number of hydrogen-bond acceptors (Lipinski definition) is 3. The fraction of sp³-hybridized carbons (Fsp3) is 0.375. The van der Waals surface area contributed by atoms with E-state index in [0.29, 0.717) is 5.92 Å². The quantitative estimate of drug-likeness (QED) is 0.639. The molecule has 0 aliphatic carbocycles. The molecule has 0 saturated carbocycles. The summed E-state index contributed by atoms with van der Waals surface area (Å²) in [7, 11) is 0. The number of nitrogens with one attached hydrogen (secondary N) is 1. The summed E-state index contributed by atoms with van der Waals surface area (Å²) in [6.07, 6.45) is 2.78. The molecule has 0 bridgehead atoms. The van der Waals surface area contributed by atoms with Gasteiger partial charge in [-0.2, -0.15) is 0 Å². The Morgan fingerprint density at radius 1 is 1.26 bits per heavy atom. The predicted molar refractivity (Wildman–Crippen MR) is 77.6 cm³/mol. The lowest BCUT2D eigenvalue weighted by Crippen LogP contribution is -2.29. The first-order valence-corrected chi connectivity index (χ1v) is 6.70. The summed E-state index contributed by atoms with van der Waals surface area (Å²) >= 11 is 0. The number of rotatable bonds is 5. The second kappa shape index (κ2) is 6.04. The number of aryl methyl sites for hydroxylation is 1. The van der Waals surface area contributed by atoms with Crippen molar-refractivity contribution in [2.75, 3.05) is 0 Å². The Hall–Kier alpha value is -1.58. The molecule has 0 fully saturated rings. The van der Waals surface area contributed by atoms with E-state index in [9.17, 15) is 0 Å². The van der Waals surface area contributed by atoms with Crippen molar-refractivity contribution in [3.05, 3.63) is 59.0 Å². The van der Waals surface area contributed by atoms with Crippen LogP contribution in [0.5, 0.6) is 0 Å². The van der Waals surface area contributed by atoms with Gasteiger partial charge in [-0.3, -0.25) is 5.84 Å². The van der Waals surface area contributed by atoms with Gasteiger partial charge in [0.2, 0.25) is 0 Å². The zero-order valence-electron chi connectivity index (χ0n) is 11.8. The Morgan fingerprint density at radius 3 is 2.63 bits per heavy atom. The van der Waals surface area contributed by atoms with Crippen LogP contribution >= 0.6 is 0 Å². The van der Waals surface area contributed by atoms with Gasteiger partial charge in [-0.25, -0.2) is 5.43 Å². The van der Waals surface area contributed by atoms with E-state index < -0.39 is 0 Å². The van der Waals surface area contributed by atoms with Crippen molar-refractivity contribution in [3.8, 4) is 0 Å². The lowest BCUT2D eigenvalue weighted by molar-refractivity contribution is 0.520. The molecule has 0 saturated heterocycles. The number of benzene rings is 1. The van der Waals surface area contributed by atoms with E-state index in [1.54, 1.807) is 6.26 Å². The van der Waals surface area contributed by atoms with Crippen LogP contribution in [0.2, 0.25) is 0 Å². The highest BCUT2D eigenvalue weighted by molar-refractivity contribution is 5.35. The monoisotopic (exact) mass is 258 g/mol. The van der Waals surface area contributed by atoms with Gasteiger partial charge in [-0.1, -0.05) is 38.1 Å². The highest BCUT2D eigenvalue weighted by Crippen LogP contribution is 2.26. The van der Waals surface area contributed by atoms with Gasteiger partial charge in [0.05, 0.1) is 12.3 Å². The summed E-state index contributed by atoms with van der Waals surface area (Å²) in [6.45, 7) is 6.41. The van der Waals surface area contributed by atoms with Gasteiger partial charge < -0.3 is 4.42 Å². The van der Waals surface area contributed by atoms with E-state index in [0.717, 1.165) is 17.7 Å². The summed E-state index contributed by atoms with van der Waals surface area (Å²) in [5, 5.41) is 0. The predicted octanol–water partition coefficient (Wildman–Crippen LogP) is 3.34. The van der Waals surface area contributed by atoms with Gasteiger partial charge >= 0.3 is 0 Å². The molecule has 2 aromatic rings. The summed E-state index contributed by atoms with van der Waals surface area (Å²) in [4.78, 5) is 0. The topological polar surface area (TPSA) is 51.2 Å². The molecule has 1 unspecified atom stereocenters. The fourth-order valence-corrected chi connectivity index (χ4v) is 2.43. The molecule has 0 aliphatic heterocycles. The van der Waals surface area contributed by atoms with E-state index in [-0.39, 0.29) is 6.04 Å². The zero-order valence-corrected chi connectivity index (χ0v) is 11.8. The van der Waals surface area contributed by atoms with Crippen LogP contribution in [0.25, 0.3) is 0 Å². The lowest BCUT2D eigenvalue weighted by atomic mass is 9.95. The Balaban J connectivity index is 2.31. The highest BCUT2D eigenvalue weighted by Gasteiger charge is 2.16. The molecule has 19 heavy (non-hydrogen) atoms. The minimum Gasteiger partial charge on any atom is -0.469 e. The minimum absolute atomic E-state index is 0.0223. The second-order valence-corrected chi connectivity index (χ2v) is 5.37. The lowest BCUT2D eigenvalue weighted by Gasteiger charge is -2.17. The van der Waals surface area contributed by atoms with Gasteiger partial charge in [-0.15, -0.1) is 0 Å². The van der Waals surface area contributed by atoms with Crippen LogP contribution in [0.15, 0.2) is 41.0 Å². The normalized spacial score (nSPS) is 12.9. The number of hydrazine groups is 1. The van der Waals surface area contributed by atoms with E-state index in [2.05, 4.69) is 43.5 Å². The molecule has 3 nitrogen and oxygen atoms in total. The zero-order chi connectivity index (χ0) is 13.8. The first-order chi connectivity index (χ1) is 9.11. The molecule has 0 amide bonds. The average Bonchev–Trinajstić information content (AvgIpc) is 2.77. The summed E-state index contributed by atoms with van der Waals surface area (Å²) in [5.74, 6) is 7.27.